The van der Waals surface area contributed by atoms with Gasteiger partial charge < -0.3 is 20.0 Å². The van der Waals surface area contributed by atoms with E-state index in [-0.39, 0.29) is 24.4 Å². The van der Waals surface area contributed by atoms with Crippen molar-refractivity contribution < 1.29 is 19.4 Å². The summed E-state index contributed by atoms with van der Waals surface area (Å²) in [6, 6.07) is 9.76. The second-order valence-electron chi connectivity index (χ2n) is 8.87. The van der Waals surface area contributed by atoms with E-state index in [1.165, 1.54) is 0 Å². The van der Waals surface area contributed by atoms with E-state index in [2.05, 4.69) is 0 Å². The maximum absolute atomic E-state index is 14.1. The van der Waals surface area contributed by atoms with Gasteiger partial charge in [-0.1, -0.05) is 30.3 Å². The van der Waals surface area contributed by atoms with Gasteiger partial charge in [-0.2, -0.15) is 0 Å². The number of alkyl halides is 1. The van der Waals surface area contributed by atoms with Crippen LogP contribution < -0.4 is 4.90 Å². The van der Waals surface area contributed by atoms with Crippen molar-refractivity contribution in [1.82, 2.24) is 14.9 Å². The monoisotopic (exact) mass is 426 g/mol. The number of hydrogen-bond acceptors (Lipinski definition) is 6. The lowest BCUT2D eigenvalue weighted by Gasteiger charge is -2.39. The Morgan fingerprint density at radius 2 is 1.87 bits per heavy atom. The molecule has 2 atom stereocenters. The van der Waals surface area contributed by atoms with E-state index in [0.717, 1.165) is 48.3 Å². The number of hydrogen-bond donors (Lipinski definition) is 2. The molecule has 31 heavy (non-hydrogen) atoms. The predicted octanol–water partition coefficient (Wildman–Crippen LogP) is 1.46. The first-order chi connectivity index (χ1) is 15.0. The molecule has 5 rings (SSSR count). The van der Waals surface area contributed by atoms with E-state index < -0.39 is 18.9 Å². The Labute approximate surface area is 180 Å². The van der Waals surface area contributed by atoms with Gasteiger partial charge in [0.15, 0.2) is 5.82 Å². The van der Waals surface area contributed by atoms with E-state index in [4.69, 9.17) is 9.97 Å². The topological polar surface area (TPSA) is 89.8 Å². The lowest BCUT2D eigenvalue weighted by Crippen LogP contribution is -2.45. The summed E-state index contributed by atoms with van der Waals surface area (Å²) in [6.07, 6.45) is 0.994. The van der Waals surface area contributed by atoms with Crippen LogP contribution in [0.4, 0.5) is 10.2 Å². The number of carbonyl (C=O) groups is 1. The summed E-state index contributed by atoms with van der Waals surface area (Å²) in [5, 5.41) is 19.2. The average Bonchev–Trinajstić information content (AvgIpc) is 3.33. The van der Waals surface area contributed by atoms with Gasteiger partial charge in [-0.05, 0) is 25.7 Å². The Morgan fingerprint density at radius 3 is 2.52 bits per heavy atom. The molecule has 1 aliphatic carbocycles. The molecule has 0 unspecified atom stereocenters. The number of halogens is 1. The maximum Gasteiger partial charge on any atom is 0.248 e. The quantitative estimate of drug-likeness (QED) is 0.773. The van der Waals surface area contributed by atoms with E-state index in [0.29, 0.717) is 18.9 Å². The van der Waals surface area contributed by atoms with Crippen molar-refractivity contribution in [2.75, 3.05) is 37.7 Å². The minimum Gasteiger partial charge on any atom is -0.388 e. The Kier molecular flexibility index (Phi) is 5.14. The number of anilines is 1. The highest BCUT2D eigenvalue weighted by Crippen LogP contribution is 2.48. The molecule has 3 heterocycles. The van der Waals surface area contributed by atoms with Crippen LogP contribution in [0.1, 0.15) is 30.5 Å². The lowest BCUT2D eigenvalue weighted by atomic mass is 9.76. The lowest BCUT2D eigenvalue weighted by molar-refractivity contribution is -0.135. The Balaban J connectivity index is 1.56. The van der Waals surface area contributed by atoms with Gasteiger partial charge in [0, 0.05) is 36.2 Å². The molecule has 2 aromatic rings. The highest BCUT2D eigenvalue weighted by molar-refractivity contribution is 5.77. The Hall–Kier alpha value is -2.58. The molecule has 164 valence electrons. The molecule has 0 radical (unpaired) electrons. The Morgan fingerprint density at radius 1 is 1.13 bits per heavy atom. The third kappa shape index (κ3) is 3.47. The molecule has 0 saturated carbocycles. The van der Waals surface area contributed by atoms with Crippen molar-refractivity contribution in [2.24, 2.45) is 0 Å². The number of β-amino-alcohol motifs (C(OH)–C–C–N with tert-alkyl or cyclic N) is 1. The summed E-state index contributed by atoms with van der Waals surface area (Å²) >= 11 is 0. The van der Waals surface area contributed by atoms with Crippen LogP contribution in [0.5, 0.6) is 0 Å². The number of aliphatic hydroxyl groups is 2. The van der Waals surface area contributed by atoms with Crippen LogP contribution in [0.2, 0.25) is 0 Å². The molecule has 1 aromatic heterocycles. The van der Waals surface area contributed by atoms with Crippen LogP contribution in [0.25, 0.3) is 11.4 Å². The molecule has 7 nitrogen and oxygen atoms in total. The van der Waals surface area contributed by atoms with Crippen molar-refractivity contribution >= 4 is 11.7 Å². The van der Waals surface area contributed by atoms with Crippen LogP contribution in [0.3, 0.4) is 0 Å². The number of aliphatic hydroxyl groups excluding tert-OH is 2. The van der Waals surface area contributed by atoms with Crippen molar-refractivity contribution in [3.63, 3.8) is 0 Å². The molecular weight excluding hydrogens is 399 g/mol. The second-order valence-corrected chi connectivity index (χ2v) is 8.87. The zero-order valence-electron chi connectivity index (χ0n) is 17.4. The summed E-state index contributed by atoms with van der Waals surface area (Å²) in [6.45, 7) is 1.08. The molecule has 3 aliphatic rings. The molecule has 2 saturated heterocycles. The number of piperidine rings is 1. The van der Waals surface area contributed by atoms with Crippen LogP contribution >= 0.6 is 0 Å². The van der Waals surface area contributed by atoms with Crippen molar-refractivity contribution in [3.8, 4) is 11.4 Å². The van der Waals surface area contributed by atoms with Gasteiger partial charge >= 0.3 is 0 Å². The Bertz CT molecular complexity index is 968. The maximum atomic E-state index is 14.1. The fourth-order valence-corrected chi connectivity index (χ4v) is 5.29. The van der Waals surface area contributed by atoms with Gasteiger partial charge in [0.1, 0.15) is 24.7 Å². The first-order valence-corrected chi connectivity index (χ1v) is 10.9. The second kappa shape index (κ2) is 7.84. The number of aromatic nitrogens is 2. The molecule has 1 aromatic carbocycles. The van der Waals surface area contributed by atoms with Gasteiger partial charge in [-0.25, -0.2) is 14.4 Å². The summed E-state index contributed by atoms with van der Waals surface area (Å²) in [5.74, 6) is 1.11. The summed E-state index contributed by atoms with van der Waals surface area (Å²) < 4.78 is 14.1. The molecule has 2 fully saturated rings. The number of likely N-dealkylation sites (tertiary alicyclic amines) is 1. The summed E-state index contributed by atoms with van der Waals surface area (Å²) in [7, 11) is 0. The van der Waals surface area contributed by atoms with Crippen LogP contribution in [0, 0.1) is 0 Å². The summed E-state index contributed by atoms with van der Waals surface area (Å²) in [5.41, 5.74) is 2.81. The predicted molar refractivity (Wildman–Crippen MR) is 113 cm³/mol. The third-order valence-electron chi connectivity index (χ3n) is 7.10. The zero-order chi connectivity index (χ0) is 21.6. The standard InChI is InChI=1S/C23H27FN4O3/c24-17-12-28(13-18(17)30)22-16-6-7-23(8-10-27(11-9-23)19(31)14-29)20(16)25-21(26-22)15-4-2-1-3-5-15/h1-5,17-18,29-30H,6-14H2/t17-,18-/m1/s1. The molecule has 8 heteroatoms. The third-order valence-corrected chi connectivity index (χ3v) is 7.10. The first kappa shape index (κ1) is 20.3. The minimum absolute atomic E-state index is 0.130. The van der Waals surface area contributed by atoms with Crippen molar-refractivity contribution in [2.45, 2.75) is 43.4 Å². The van der Waals surface area contributed by atoms with Gasteiger partial charge in [0.2, 0.25) is 5.91 Å². The van der Waals surface area contributed by atoms with E-state index in [1.54, 1.807) is 4.90 Å². The summed E-state index contributed by atoms with van der Waals surface area (Å²) in [4.78, 5) is 25.4. The number of nitrogens with zero attached hydrogens (tertiary/aromatic N) is 4. The fourth-order valence-electron chi connectivity index (χ4n) is 5.29. The van der Waals surface area contributed by atoms with Crippen LogP contribution in [0.15, 0.2) is 30.3 Å². The molecular formula is C23H27FN4O3. The van der Waals surface area contributed by atoms with Crippen molar-refractivity contribution in [1.29, 1.82) is 0 Å². The smallest absolute Gasteiger partial charge is 0.248 e. The largest absolute Gasteiger partial charge is 0.388 e. The molecule has 1 amide bonds. The van der Waals surface area contributed by atoms with Crippen molar-refractivity contribution in [3.05, 3.63) is 41.6 Å². The van der Waals surface area contributed by atoms with E-state index in [1.807, 2.05) is 35.2 Å². The SMILES string of the molecule is O=C(CO)N1CCC2(CCc3c(N4C[C@@H](O)[C@H](F)C4)nc(-c4ccccc4)nc32)CC1. The highest BCUT2D eigenvalue weighted by atomic mass is 19.1. The zero-order valence-corrected chi connectivity index (χ0v) is 17.4. The average molecular weight is 426 g/mol. The number of rotatable bonds is 3. The number of benzene rings is 1. The van der Waals surface area contributed by atoms with E-state index >= 15 is 0 Å². The fraction of sp³-hybridized carbons (Fsp3) is 0.522. The first-order valence-electron chi connectivity index (χ1n) is 10.9. The van der Waals surface area contributed by atoms with Crippen LogP contribution in [-0.2, 0) is 16.6 Å². The number of carbonyl (C=O) groups excluding carboxylic acids is 1. The van der Waals surface area contributed by atoms with Gasteiger partial charge in [-0.15, -0.1) is 0 Å². The molecule has 0 bridgehead atoms. The van der Waals surface area contributed by atoms with Crippen LogP contribution in [-0.4, -0.2) is 76.0 Å². The number of fused-ring (bicyclic) bond motifs is 2. The molecule has 1 spiro atoms. The van der Waals surface area contributed by atoms with Gasteiger partial charge in [-0.3, -0.25) is 4.79 Å². The highest BCUT2D eigenvalue weighted by Gasteiger charge is 2.46. The van der Waals surface area contributed by atoms with Gasteiger partial charge in [0.25, 0.3) is 0 Å². The normalized spacial score (nSPS) is 24.6. The van der Waals surface area contributed by atoms with Gasteiger partial charge in [0.05, 0.1) is 12.2 Å². The molecule has 2 N–H and O–H groups in total. The van der Waals surface area contributed by atoms with E-state index in [9.17, 15) is 19.4 Å². The minimum atomic E-state index is -1.28. The number of amides is 1. The molecule has 2 aliphatic heterocycles.